The highest BCUT2D eigenvalue weighted by molar-refractivity contribution is 5.47. The zero-order valence-corrected chi connectivity index (χ0v) is 16.6. The van der Waals surface area contributed by atoms with Crippen LogP contribution in [0.3, 0.4) is 0 Å². The highest BCUT2D eigenvalue weighted by Crippen LogP contribution is 2.18. The van der Waals surface area contributed by atoms with E-state index in [1.165, 1.54) is 11.1 Å². The molecule has 0 bridgehead atoms. The standard InChI is InChI=1S/C23H28N4O/c1-18-26-22(24-15-8-11-19-9-4-3-5-10-19)17-23(27-18)25-16-14-20-12-6-7-13-21(20)28-2/h3-7,9-10,12-13,17H,8,11,14-16H2,1-2H3,(H2,24,25,26,27). The van der Waals surface area contributed by atoms with Gasteiger partial charge in [0.05, 0.1) is 7.11 Å². The zero-order chi connectivity index (χ0) is 19.6. The molecule has 146 valence electrons. The lowest BCUT2D eigenvalue weighted by atomic mass is 10.1. The summed E-state index contributed by atoms with van der Waals surface area (Å²) in [5, 5.41) is 6.81. The number of rotatable bonds is 10. The molecule has 0 aliphatic rings. The molecule has 2 N–H and O–H groups in total. The van der Waals surface area contributed by atoms with Gasteiger partial charge >= 0.3 is 0 Å². The lowest BCUT2D eigenvalue weighted by Gasteiger charge is -2.11. The number of para-hydroxylation sites is 1. The fraction of sp³-hybridized carbons (Fsp3) is 0.304. The maximum Gasteiger partial charge on any atom is 0.131 e. The van der Waals surface area contributed by atoms with Crippen LogP contribution in [0.5, 0.6) is 5.75 Å². The molecule has 0 aliphatic carbocycles. The molecule has 1 heterocycles. The summed E-state index contributed by atoms with van der Waals surface area (Å²) in [5.74, 6) is 3.38. The van der Waals surface area contributed by atoms with Crippen LogP contribution in [0.25, 0.3) is 0 Å². The molecule has 1 aromatic heterocycles. The zero-order valence-electron chi connectivity index (χ0n) is 16.6. The molecule has 3 aromatic rings. The number of methoxy groups -OCH3 is 1. The van der Waals surface area contributed by atoms with Gasteiger partial charge in [-0.15, -0.1) is 0 Å². The Kier molecular flexibility index (Phi) is 7.24. The summed E-state index contributed by atoms with van der Waals surface area (Å²) in [6.07, 6.45) is 2.98. The van der Waals surface area contributed by atoms with Crippen molar-refractivity contribution in [3.05, 3.63) is 77.6 Å². The molecule has 0 radical (unpaired) electrons. The number of anilines is 2. The number of hydrogen-bond donors (Lipinski definition) is 2. The molecule has 2 aromatic carbocycles. The third-order valence-electron chi connectivity index (χ3n) is 4.52. The van der Waals surface area contributed by atoms with Crippen molar-refractivity contribution in [3.8, 4) is 5.75 Å². The molecule has 0 atom stereocenters. The predicted molar refractivity (Wildman–Crippen MR) is 115 cm³/mol. The Morgan fingerprint density at radius 2 is 1.50 bits per heavy atom. The molecule has 0 fully saturated rings. The first-order valence-corrected chi connectivity index (χ1v) is 9.74. The van der Waals surface area contributed by atoms with Gasteiger partial charge in [0.25, 0.3) is 0 Å². The van der Waals surface area contributed by atoms with Crippen LogP contribution in [-0.2, 0) is 12.8 Å². The molecule has 0 amide bonds. The quantitative estimate of drug-likeness (QED) is 0.511. The van der Waals surface area contributed by atoms with Crippen molar-refractivity contribution in [2.75, 3.05) is 30.8 Å². The molecule has 0 aliphatic heterocycles. The average Bonchev–Trinajstić information content (AvgIpc) is 2.72. The van der Waals surface area contributed by atoms with Gasteiger partial charge in [-0.2, -0.15) is 0 Å². The van der Waals surface area contributed by atoms with Gasteiger partial charge in [-0.1, -0.05) is 48.5 Å². The fourth-order valence-electron chi connectivity index (χ4n) is 3.14. The highest BCUT2D eigenvalue weighted by Gasteiger charge is 2.04. The number of aromatic nitrogens is 2. The Balaban J connectivity index is 1.48. The van der Waals surface area contributed by atoms with E-state index in [0.717, 1.165) is 55.6 Å². The minimum Gasteiger partial charge on any atom is -0.496 e. The Hall–Kier alpha value is -3.08. The summed E-state index contributed by atoms with van der Waals surface area (Å²) >= 11 is 0. The van der Waals surface area contributed by atoms with Gasteiger partial charge < -0.3 is 15.4 Å². The molecule has 0 spiro atoms. The Bertz CT molecular complexity index is 867. The number of benzene rings is 2. The van der Waals surface area contributed by atoms with Crippen LogP contribution in [0.1, 0.15) is 23.4 Å². The number of ether oxygens (including phenoxy) is 1. The largest absolute Gasteiger partial charge is 0.496 e. The lowest BCUT2D eigenvalue weighted by molar-refractivity contribution is 0.410. The number of aryl methyl sites for hydroxylation is 2. The maximum atomic E-state index is 5.41. The van der Waals surface area contributed by atoms with E-state index < -0.39 is 0 Å². The second-order valence-corrected chi connectivity index (χ2v) is 6.69. The van der Waals surface area contributed by atoms with E-state index in [9.17, 15) is 0 Å². The normalized spacial score (nSPS) is 10.5. The van der Waals surface area contributed by atoms with E-state index >= 15 is 0 Å². The Labute approximate surface area is 167 Å². The fourth-order valence-corrected chi connectivity index (χ4v) is 3.14. The van der Waals surface area contributed by atoms with E-state index in [2.05, 4.69) is 50.9 Å². The minimum absolute atomic E-state index is 0.757. The molecule has 5 nitrogen and oxygen atoms in total. The molecule has 0 saturated carbocycles. The van der Waals surface area contributed by atoms with Crippen molar-refractivity contribution < 1.29 is 4.74 Å². The third-order valence-corrected chi connectivity index (χ3v) is 4.52. The lowest BCUT2D eigenvalue weighted by Crippen LogP contribution is -2.10. The molecular weight excluding hydrogens is 348 g/mol. The van der Waals surface area contributed by atoms with Crippen LogP contribution in [0.15, 0.2) is 60.7 Å². The second-order valence-electron chi connectivity index (χ2n) is 6.69. The van der Waals surface area contributed by atoms with Gasteiger partial charge in [0.15, 0.2) is 0 Å². The van der Waals surface area contributed by atoms with Crippen molar-refractivity contribution in [2.45, 2.75) is 26.2 Å². The number of hydrogen-bond acceptors (Lipinski definition) is 5. The molecule has 0 unspecified atom stereocenters. The Morgan fingerprint density at radius 1 is 0.821 bits per heavy atom. The van der Waals surface area contributed by atoms with Crippen LogP contribution >= 0.6 is 0 Å². The summed E-state index contributed by atoms with van der Waals surface area (Å²) in [6, 6.07) is 20.6. The van der Waals surface area contributed by atoms with Gasteiger partial charge in [-0.05, 0) is 43.4 Å². The molecule has 28 heavy (non-hydrogen) atoms. The van der Waals surface area contributed by atoms with Gasteiger partial charge in [0.1, 0.15) is 23.2 Å². The number of nitrogens with one attached hydrogen (secondary N) is 2. The van der Waals surface area contributed by atoms with Gasteiger partial charge in [-0.25, -0.2) is 9.97 Å². The third kappa shape index (κ3) is 5.98. The van der Waals surface area contributed by atoms with Crippen molar-refractivity contribution in [1.29, 1.82) is 0 Å². The van der Waals surface area contributed by atoms with Crippen LogP contribution in [0.4, 0.5) is 11.6 Å². The first-order valence-electron chi connectivity index (χ1n) is 9.74. The van der Waals surface area contributed by atoms with Crippen molar-refractivity contribution >= 4 is 11.6 Å². The summed E-state index contributed by atoms with van der Waals surface area (Å²) < 4.78 is 5.41. The van der Waals surface area contributed by atoms with Gasteiger partial charge in [-0.3, -0.25) is 0 Å². The topological polar surface area (TPSA) is 59.1 Å². The van der Waals surface area contributed by atoms with Crippen molar-refractivity contribution in [1.82, 2.24) is 9.97 Å². The smallest absolute Gasteiger partial charge is 0.131 e. The molecule has 0 saturated heterocycles. The minimum atomic E-state index is 0.757. The molecule has 3 rings (SSSR count). The maximum absolute atomic E-state index is 5.41. The van der Waals surface area contributed by atoms with E-state index in [1.807, 2.05) is 37.3 Å². The SMILES string of the molecule is COc1ccccc1CCNc1cc(NCCCc2ccccc2)nc(C)n1. The van der Waals surface area contributed by atoms with Crippen molar-refractivity contribution in [2.24, 2.45) is 0 Å². The first kappa shape index (κ1) is 19.7. The highest BCUT2D eigenvalue weighted by atomic mass is 16.5. The first-order chi connectivity index (χ1) is 13.7. The summed E-state index contributed by atoms with van der Waals surface area (Å²) in [7, 11) is 1.70. The Morgan fingerprint density at radius 3 is 2.25 bits per heavy atom. The number of nitrogens with zero attached hydrogens (tertiary/aromatic N) is 2. The van der Waals surface area contributed by atoms with Crippen LogP contribution < -0.4 is 15.4 Å². The van der Waals surface area contributed by atoms with E-state index in [-0.39, 0.29) is 0 Å². The van der Waals surface area contributed by atoms with Crippen LogP contribution in [0.2, 0.25) is 0 Å². The van der Waals surface area contributed by atoms with E-state index in [4.69, 9.17) is 4.74 Å². The second kappa shape index (κ2) is 10.3. The molecule has 5 heteroatoms. The van der Waals surface area contributed by atoms with E-state index in [0.29, 0.717) is 0 Å². The summed E-state index contributed by atoms with van der Waals surface area (Å²) in [5.41, 5.74) is 2.55. The van der Waals surface area contributed by atoms with Crippen LogP contribution in [-0.4, -0.2) is 30.2 Å². The monoisotopic (exact) mass is 376 g/mol. The predicted octanol–water partition coefficient (Wildman–Crippen LogP) is 4.49. The summed E-state index contributed by atoms with van der Waals surface area (Å²) in [6.45, 7) is 3.58. The molecular formula is C23H28N4O. The van der Waals surface area contributed by atoms with E-state index in [1.54, 1.807) is 7.11 Å². The van der Waals surface area contributed by atoms with Crippen molar-refractivity contribution in [3.63, 3.8) is 0 Å². The van der Waals surface area contributed by atoms with Gasteiger partial charge in [0, 0.05) is 19.2 Å². The average molecular weight is 377 g/mol. The van der Waals surface area contributed by atoms with Gasteiger partial charge in [0.2, 0.25) is 0 Å². The summed E-state index contributed by atoms with van der Waals surface area (Å²) in [4.78, 5) is 8.98. The van der Waals surface area contributed by atoms with Crippen LogP contribution in [0, 0.1) is 6.92 Å².